The molecule has 9 heteroatoms. The van der Waals surface area contributed by atoms with Gasteiger partial charge in [-0.05, 0) is 42.8 Å². The molecule has 0 unspecified atom stereocenters. The van der Waals surface area contributed by atoms with Gasteiger partial charge in [0.1, 0.15) is 4.90 Å². The van der Waals surface area contributed by atoms with Crippen LogP contribution in [0, 0.1) is 6.92 Å². The summed E-state index contributed by atoms with van der Waals surface area (Å²) in [5.74, 6) is 0.337. The average molecular weight is 385 g/mol. The molecule has 0 saturated heterocycles. The number of nitrogens with one attached hydrogen (secondary N) is 2. The van der Waals surface area contributed by atoms with Crippen LogP contribution in [0.2, 0.25) is 0 Å². The maximum Gasteiger partial charge on any atom is 0.266 e. The molecule has 1 aliphatic rings. The number of ether oxygens (including phenoxy) is 2. The molecule has 4 rings (SSSR count). The number of fused-ring (bicyclic) bond motifs is 2. The Balaban J connectivity index is 1.56. The molecule has 0 spiro atoms. The molecule has 8 nitrogen and oxygen atoms in total. The van der Waals surface area contributed by atoms with E-state index in [-0.39, 0.29) is 17.3 Å². The van der Waals surface area contributed by atoms with Crippen molar-refractivity contribution in [2.45, 2.75) is 11.8 Å². The van der Waals surface area contributed by atoms with Crippen LogP contribution in [0.25, 0.3) is 10.9 Å². The summed E-state index contributed by atoms with van der Waals surface area (Å²) in [6.45, 7) is 1.96. The first-order chi connectivity index (χ1) is 12.9. The van der Waals surface area contributed by atoms with E-state index in [1.54, 1.807) is 24.4 Å². The minimum absolute atomic E-state index is 0.0222. The Bertz CT molecular complexity index is 1160. The molecule has 0 radical (unpaired) electrons. The Hall–Kier alpha value is -3.17. The zero-order chi connectivity index (χ0) is 19.0. The highest BCUT2D eigenvalue weighted by Gasteiger charge is 2.21. The van der Waals surface area contributed by atoms with Crippen LogP contribution >= 0.6 is 0 Å². The highest BCUT2D eigenvalue weighted by molar-refractivity contribution is 7.89. The second-order valence-corrected chi connectivity index (χ2v) is 7.62. The largest absolute Gasteiger partial charge is 0.454 e. The van der Waals surface area contributed by atoms with Crippen molar-refractivity contribution in [1.82, 2.24) is 15.2 Å². The van der Waals surface area contributed by atoms with Crippen LogP contribution < -0.4 is 19.7 Å². The smallest absolute Gasteiger partial charge is 0.266 e. The molecule has 27 heavy (non-hydrogen) atoms. The number of hydrogen-bond acceptors (Lipinski definition) is 6. The Morgan fingerprint density at radius 1 is 1.11 bits per heavy atom. The van der Waals surface area contributed by atoms with Gasteiger partial charge in [0, 0.05) is 17.1 Å². The summed E-state index contributed by atoms with van der Waals surface area (Å²) in [5, 5.41) is 0.694. The maximum atomic E-state index is 12.6. The zero-order valence-electron chi connectivity index (χ0n) is 14.2. The molecule has 138 valence electrons. The summed E-state index contributed by atoms with van der Waals surface area (Å²) in [5.41, 5.74) is 3.68. The van der Waals surface area contributed by atoms with Gasteiger partial charge in [0.05, 0.1) is 5.52 Å². The molecule has 2 heterocycles. The molecule has 0 atom stereocenters. The van der Waals surface area contributed by atoms with E-state index in [1.807, 2.05) is 13.0 Å². The summed E-state index contributed by atoms with van der Waals surface area (Å²) in [6.07, 6.45) is 1.59. The lowest BCUT2D eigenvalue weighted by Crippen LogP contribution is -2.41. The topological polar surface area (TPSA) is 107 Å². The van der Waals surface area contributed by atoms with Crippen molar-refractivity contribution in [3.8, 4) is 11.5 Å². The highest BCUT2D eigenvalue weighted by Crippen LogP contribution is 2.32. The number of carbonyl (C=O) groups is 1. The Labute approximate surface area is 155 Å². The summed E-state index contributed by atoms with van der Waals surface area (Å²) < 4.78 is 35.7. The first kappa shape index (κ1) is 17.3. The van der Waals surface area contributed by atoms with Crippen LogP contribution in [-0.2, 0) is 10.0 Å². The summed E-state index contributed by atoms with van der Waals surface area (Å²) in [6, 6.07) is 11.2. The molecule has 2 N–H and O–H groups in total. The van der Waals surface area contributed by atoms with E-state index >= 15 is 0 Å². The van der Waals surface area contributed by atoms with E-state index in [2.05, 4.69) is 15.2 Å². The fourth-order valence-corrected chi connectivity index (χ4v) is 3.76. The van der Waals surface area contributed by atoms with Crippen LogP contribution in [0.1, 0.15) is 15.9 Å². The number of para-hydroxylation sites is 1. The normalized spacial score (nSPS) is 12.9. The van der Waals surface area contributed by atoms with Crippen LogP contribution in [0.15, 0.2) is 53.6 Å². The maximum absolute atomic E-state index is 12.6. The lowest BCUT2D eigenvalue weighted by atomic mass is 10.2. The molecule has 0 fully saturated rings. The van der Waals surface area contributed by atoms with Crippen LogP contribution in [0.3, 0.4) is 0 Å². The number of benzene rings is 2. The average Bonchev–Trinajstić information content (AvgIpc) is 3.13. The summed E-state index contributed by atoms with van der Waals surface area (Å²) >= 11 is 0. The quantitative estimate of drug-likeness (QED) is 0.665. The number of pyridine rings is 1. The van der Waals surface area contributed by atoms with Crippen molar-refractivity contribution in [3.63, 3.8) is 0 Å². The van der Waals surface area contributed by atoms with Gasteiger partial charge >= 0.3 is 0 Å². The number of amides is 1. The Morgan fingerprint density at radius 3 is 2.78 bits per heavy atom. The fourth-order valence-electron chi connectivity index (χ4n) is 2.74. The Morgan fingerprint density at radius 2 is 1.93 bits per heavy atom. The number of sulfonamides is 1. The van der Waals surface area contributed by atoms with E-state index in [0.29, 0.717) is 22.4 Å². The van der Waals surface area contributed by atoms with Crippen LogP contribution in [-0.4, -0.2) is 26.1 Å². The molecule has 1 amide bonds. The minimum Gasteiger partial charge on any atom is -0.454 e. The van der Waals surface area contributed by atoms with Crippen molar-refractivity contribution >= 4 is 26.8 Å². The summed E-state index contributed by atoms with van der Waals surface area (Å²) in [7, 11) is -4.01. The van der Waals surface area contributed by atoms with Gasteiger partial charge in [0.25, 0.3) is 15.9 Å². The SMILES string of the molecule is Cc1cnc2c(S(=O)(=O)NNC(=O)c3ccc4c(c3)OCO4)cccc2c1. The molecule has 0 saturated carbocycles. The van der Waals surface area contributed by atoms with Crippen LogP contribution in [0.5, 0.6) is 11.5 Å². The van der Waals surface area contributed by atoms with E-state index in [1.165, 1.54) is 18.2 Å². The molecule has 2 aromatic carbocycles. The van der Waals surface area contributed by atoms with E-state index in [9.17, 15) is 13.2 Å². The molecule has 0 bridgehead atoms. The predicted molar refractivity (Wildman–Crippen MR) is 96.8 cm³/mol. The number of hydrogen-bond donors (Lipinski definition) is 2. The molecular formula is C18H15N3O5S. The van der Waals surface area contributed by atoms with E-state index in [4.69, 9.17) is 9.47 Å². The zero-order valence-corrected chi connectivity index (χ0v) is 15.0. The number of aryl methyl sites for hydroxylation is 1. The number of nitrogens with zero attached hydrogens (tertiary/aromatic N) is 1. The Kier molecular flexibility index (Phi) is 4.17. The van der Waals surface area contributed by atoms with E-state index in [0.717, 1.165) is 5.56 Å². The number of rotatable bonds is 4. The third kappa shape index (κ3) is 3.29. The second kappa shape index (κ2) is 6.53. The fraction of sp³-hybridized carbons (Fsp3) is 0.111. The highest BCUT2D eigenvalue weighted by atomic mass is 32.2. The van der Waals surface area contributed by atoms with Gasteiger partial charge < -0.3 is 9.47 Å². The molecule has 1 aliphatic heterocycles. The van der Waals surface area contributed by atoms with Gasteiger partial charge in [-0.1, -0.05) is 12.1 Å². The van der Waals surface area contributed by atoms with Crippen molar-refractivity contribution in [2.24, 2.45) is 0 Å². The van der Waals surface area contributed by atoms with Crippen molar-refractivity contribution < 1.29 is 22.7 Å². The lowest BCUT2D eigenvalue weighted by molar-refractivity contribution is 0.0944. The molecule has 3 aromatic rings. The number of hydrazine groups is 1. The first-order valence-corrected chi connectivity index (χ1v) is 9.49. The first-order valence-electron chi connectivity index (χ1n) is 8.01. The van der Waals surface area contributed by atoms with Gasteiger partial charge in [-0.25, -0.2) is 8.42 Å². The van der Waals surface area contributed by atoms with Gasteiger partial charge in [-0.3, -0.25) is 15.2 Å². The second-order valence-electron chi connectivity index (χ2n) is 5.97. The van der Waals surface area contributed by atoms with Crippen molar-refractivity contribution in [3.05, 3.63) is 59.8 Å². The van der Waals surface area contributed by atoms with Gasteiger partial charge in [-0.15, -0.1) is 4.83 Å². The monoisotopic (exact) mass is 385 g/mol. The molecule has 0 aliphatic carbocycles. The standard InChI is InChI=1S/C18H15N3O5S/c1-11-7-12-3-2-4-16(17(12)19-9-11)27(23,24)21-20-18(22)13-5-6-14-15(8-13)26-10-25-14/h2-9,21H,10H2,1H3,(H,20,22). The third-order valence-corrected chi connectivity index (χ3v) is 5.31. The third-order valence-electron chi connectivity index (χ3n) is 4.03. The summed E-state index contributed by atoms with van der Waals surface area (Å²) in [4.78, 5) is 18.6. The van der Waals surface area contributed by atoms with Crippen molar-refractivity contribution in [2.75, 3.05) is 6.79 Å². The molecular weight excluding hydrogens is 370 g/mol. The van der Waals surface area contributed by atoms with Crippen LogP contribution in [0.4, 0.5) is 0 Å². The predicted octanol–water partition coefficient (Wildman–Crippen LogP) is 1.90. The minimum atomic E-state index is -4.01. The van der Waals surface area contributed by atoms with Gasteiger partial charge in [0.15, 0.2) is 11.5 Å². The van der Waals surface area contributed by atoms with E-state index < -0.39 is 15.9 Å². The van der Waals surface area contributed by atoms with Gasteiger partial charge in [-0.2, -0.15) is 0 Å². The van der Waals surface area contributed by atoms with Crippen molar-refractivity contribution in [1.29, 1.82) is 0 Å². The number of aromatic nitrogens is 1. The van der Waals surface area contributed by atoms with Gasteiger partial charge in [0.2, 0.25) is 6.79 Å². The number of carbonyl (C=O) groups excluding carboxylic acids is 1. The molecule has 1 aromatic heterocycles. The lowest BCUT2D eigenvalue weighted by Gasteiger charge is -2.10.